The van der Waals surface area contributed by atoms with Crippen LogP contribution < -0.4 is 0 Å². The molecule has 0 radical (unpaired) electrons. The highest BCUT2D eigenvalue weighted by Crippen LogP contribution is 2.19. The van der Waals surface area contributed by atoms with Gasteiger partial charge in [0.15, 0.2) is 0 Å². The highest BCUT2D eigenvalue weighted by molar-refractivity contribution is 7.99. The minimum absolute atomic E-state index is 1.13. The summed E-state index contributed by atoms with van der Waals surface area (Å²) in [5, 5.41) is 0. The van der Waals surface area contributed by atoms with E-state index in [1.807, 2.05) is 25.6 Å². The van der Waals surface area contributed by atoms with Gasteiger partial charge in [-0.2, -0.15) is 0 Å². The first-order valence-corrected chi connectivity index (χ1v) is 12.0. The maximum Gasteiger partial charge on any atom is 0.00745 e. The van der Waals surface area contributed by atoms with Gasteiger partial charge >= 0.3 is 0 Å². The Morgan fingerprint density at radius 2 is 1.34 bits per heavy atom. The normalized spacial score (nSPS) is 9.69. The third kappa shape index (κ3) is 10.4. The number of benzene rings is 3. The van der Waals surface area contributed by atoms with E-state index in [2.05, 4.69) is 99.6 Å². The number of hydrogen-bond acceptors (Lipinski definition) is 1. The van der Waals surface area contributed by atoms with Crippen LogP contribution in [-0.4, -0.2) is 5.75 Å². The summed E-state index contributed by atoms with van der Waals surface area (Å²) in [7, 11) is 0. The van der Waals surface area contributed by atoms with Gasteiger partial charge in [0.2, 0.25) is 0 Å². The van der Waals surface area contributed by atoms with Crippen LogP contribution in [-0.2, 0) is 19.3 Å². The summed E-state index contributed by atoms with van der Waals surface area (Å²) in [5.74, 6) is 1.23. The van der Waals surface area contributed by atoms with Gasteiger partial charge in [-0.3, -0.25) is 0 Å². The van der Waals surface area contributed by atoms with Crippen molar-refractivity contribution in [3.63, 3.8) is 0 Å². The van der Waals surface area contributed by atoms with Gasteiger partial charge in [-0.05, 0) is 67.2 Å². The Morgan fingerprint density at radius 1 is 0.690 bits per heavy atom. The molecule has 1 heteroatoms. The van der Waals surface area contributed by atoms with Gasteiger partial charge in [0.05, 0.1) is 0 Å². The lowest BCUT2D eigenvalue weighted by atomic mass is 9.98. The molecule has 0 atom stereocenters. The molecular weight excluding hydrogens is 368 g/mol. The molecule has 0 bridgehead atoms. The number of rotatable bonds is 7. The first-order chi connectivity index (χ1) is 14.2. The summed E-state index contributed by atoms with van der Waals surface area (Å²) in [4.78, 5) is 1.40. The van der Waals surface area contributed by atoms with Gasteiger partial charge < -0.3 is 0 Å². The third-order valence-electron chi connectivity index (χ3n) is 4.49. The fourth-order valence-electron chi connectivity index (χ4n) is 3.00. The minimum atomic E-state index is 1.13. The molecular formula is C28H38S. The maximum absolute atomic E-state index is 2.25. The molecule has 3 rings (SSSR count). The van der Waals surface area contributed by atoms with Crippen LogP contribution >= 0.6 is 11.8 Å². The van der Waals surface area contributed by atoms with E-state index >= 15 is 0 Å². The van der Waals surface area contributed by atoms with Crippen LogP contribution in [0.25, 0.3) is 0 Å². The molecule has 3 aromatic carbocycles. The fraction of sp³-hybridized carbons (Fsp3) is 0.357. The van der Waals surface area contributed by atoms with E-state index < -0.39 is 0 Å². The zero-order valence-corrected chi connectivity index (χ0v) is 19.8. The SMILES string of the molecule is CC.CCCSc1cccc(C)c1.CCc1ccccc1CCc1ccccc1. The molecule has 0 amide bonds. The molecule has 29 heavy (non-hydrogen) atoms. The number of hydrogen-bond donors (Lipinski definition) is 0. The topological polar surface area (TPSA) is 0 Å². The summed E-state index contributed by atoms with van der Waals surface area (Å²) < 4.78 is 0. The second kappa shape index (κ2) is 15.9. The molecule has 0 aliphatic rings. The first kappa shape index (κ1) is 25.0. The van der Waals surface area contributed by atoms with E-state index in [0.29, 0.717) is 0 Å². The Balaban J connectivity index is 0.000000284. The zero-order valence-electron chi connectivity index (χ0n) is 18.9. The number of thioether (sulfide) groups is 1. The van der Waals surface area contributed by atoms with Crippen LogP contribution in [0.4, 0.5) is 0 Å². The predicted molar refractivity (Wildman–Crippen MR) is 133 cm³/mol. The molecule has 0 aromatic heterocycles. The highest BCUT2D eigenvalue weighted by Gasteiger charge is 2.00. The average Bonchev–Trinajstić information content (AvgIpc) is 2.79. The average molecular weight is 407 g/mol. The van der Waals surface area contributed by atoms with Gasteiger partial charge in [0.1, 0.15) is 0 Å². The second-order valence-electron chi connectivity index (χ2n) is 6.77. The third-order valence-corrected chi connectivity index (χ3v) is 5.69. The molecule has 0 spiro atoms. The molecule has 3 aromatic rings. The monoisotopic (exact) mass is 406 g/mol. The lowest BCUT2D eigenvalue weighted by molar-refractivity contribution is 0.931. The minimum Gasteiger partial charge on any atom is -0.126 e. The van der Waals surface area contributed by atoms with Crippen molar-refractivity contribution in [2.24, 2.45) is 0 Å². The molecule has 0 N–H and O–H groups in total. The summed E-state index contributed by atoms with van der Waals surface area (Å²) in [6, 6.07) is 28.1. The molecule has 0 aliphatic carbocycles. The van der Waals surface area contributed by atoms with Crippen molar-refractivity contribution in [3.8, 4) is 0 Å². The Hall–Kier alpha value is -1.99. The highest BCUT2D eigenvalue weighted by atomic mass is 32.2. The van der Waals surface area contributed by atoms with Gasteiger partial charge in [-0.1, -0.05) is 100.0 Å². The summed E-state index contributed by atoms with van der Waals surface area (Å²) >= 11 is 1.93. The second-order valence-corrected chi connectivity index (χ2v) is 7.94. The van der Waals surface area contributed by atoms with Crippen LogP contribution in [0.15, 0.2) is 83.8 Å². The Morgan fingerprint density at radius 3 is 1.97 bits per heavy atom. The van der Waals surface area contributed by atoms with Crippen LogP contribution in [0.5, 0.6) is 0 Å². The van der Waals surface area contributed by atoms with Crippen molar-refractivity contribution in [3.05, 3.63) is 101 Å². The molecule has 0 fully saturated rings. The van der Waals surface area contributed by atoms with Gasteiger partial charge in [-0.25, -0.2) is 0 Å². The molecule has 0 nitrogen and oxygen atoms in total. The first-order valence-electron chi connectivity index (χ1n) is 11.0. The number of aryl methyl sites for hydroxylation is 4. The van der Waals surface area contributed by atoms with Crippen molar-refractivity contribution in [1.82, 2.24) is 0 Å². The van der Waals surface area contributed by atoms with Gasteiger partial charge in [-0.15, -0.1) is 11.8 Å². The predicted octanol–water partition coefficient (Wildman–Crippen LogP) is 8.56. The van der Waals surface area contributed by atoms with Crippen molar-refractivity contribution < 1.29 is 0 Å². The van der Waals surface area contributed by atoms with Crippen molar-refractivity contribution in [1.29, 1.82) is 0 Å². The molecule has 0 aliphatic heterocycles. The molecule has 0 saturated carbocycles. The largest absolute Gasteiger partial charge is 0.126 e. The van der Waals surface area contributed by atoms with E-state index in [1.54, 1.807) is 0 Å². The molecule has 156 valence electrons. The quantitative estimate of drug-likeness (QED) is 0.354. The van der Waals surface area contributed by atoms with Crippen LogP contribution in [0, 0.1) is 6.92 Å². The Labute approximate surface area is 183 Å². The van der Waals surface area contributed by atoms with Crippen LogP contribution in [0.2, 0.25) is 0 Å². The standard InChI is InChI=1S/C16H18.C10H14S.C2H6/c1-2-15-10-6-7-11-16(15)13-12-14-8-4-3-5-9-14;1-3-7-11-10-6-4-5-9(2)8-10;1-2/h3-11H,2,12-13H2,1H3;4-6,8H,3,7H2,1-2H3;1-2H3. The van der Waals surface area contributed by atoms with E-state index in [4.69, 9.17) is 0 Å². The Bertz CT molecular complexity index is 777. The van der Waals surface area contributed by atoms with E-state index in [-0.39, 0.29) is 0 Å². The lowest BCUT2D eigenvalue weighted by Gasteiger charge is -2.07. The van der Waals surface area contributed by atoms with Crippen molar-refractivity contribution in [2.75, 3.05) is 5.75 Å². The van der Waals surface area contributed by atoms with Gasteiger partial charge in [0.25, 0.3) is 0 Å². The van der Waals surface area contributed by atoms with Crippen LogP contribution in [0.3, 0.4) is 0 Å². The van der Waals surface area contributed by atoms with E-state index in [1.165, 1.54) is 39.3 Å². The summed E-state index contributed by atoms with van der Waals surface area (Å²) in [6.45, 7) is 10.6. The smallest absolute Gasteiger partial charge is 0.00745 e. The van der Waals surface area contributed by atoms with Crippen LogP contribution in [0.1, 0.15) is 56.4 Å². The van der Waals surface area contributed by atoms with Gasteiger partial charge in [0, 0.05) is 4.90 Å². The molecule has 0 heterocycles. The van der Waals surface area contributed by atoms with Crippen molar-refractivity contribution in [2.45, 2.75) is 65.2 Å². The van der Waals surface area contributed by atoms with E-state index in [0.717, 1.165) is 19.3 Å². The summed E-state index contributed by atoms with van der Waals surface area (Å²) in [6.07, 6.45) is 4.66. The molecule has 0 unspecified atom stereocenters. The lowest BCUT2D eigenvalue weighted by Crippen LogP contribution is -1.95. The van der Waals surface area contributed by atoms with E-state index in [9.17, 15) is 0 Å². The summed E-state index contributed by atoms with van der Waals surface area (Å²) in [5.41, 5.74) is 5.76. The Kier molecular flexibility index (Phi) is 13.7. The fourth-order valence-corrected chi connectivity index (χ4v) is 3.88. The maximum atomic E-state index is 2.25. The molecule has 0 saturated heterocycles. The van der Waals surface area contributed by atoms with Crippen molar-refractivity contribution >= 4 is 11.8 Å². The zero-order chi connectivity index (χ0) is 21.3.